The molecule has 0 bridgehead atoms. The van der Waals surface area contributed by atoms with Gasteiger partial charge in [-0.25, -0.2) is 4.79 Å². The van der Waals surface area contributed by atoms with Crippen molar-refractivity contribution < 1.29 is 42.7 Å². The summed E-state index contributed by atoms with van der Waals surface area (Å²) in [6, 6.07) is 17.8. The Morgan fingerprint density at radius 2 is 1.24 bits per heavy atom. The molecule has 2 aromatic carbocycles. The van der Waals surface area contributed by atoms with Crippen LogP contribution in [0.4, 0.5) is 0 Å². The molecule has 0 heterocycles. The van der Waals surface area contributed by atoms with Gasteiger partial charge in [-0.15, -0.1) is 0 Å². The van der Waals surface area contributed by atoms with Gasteiger partial charge < -0.3 is 10.2 Å². The minimum atomic E-state index is -1.11. The van der Waals surface area contributed by atoms with E-state index in [4.69, 9.17) is 10.2 Å². The minimum Gasteiger partial charge on any atom is -0.507 e. The maximum atomic E-state index is 10.3. The van der Waals surface area contributed by atoms with E-state index in [1.165, 1.54) is 12.1 Å². The molecule has 0 fully saturated rings. The molecule has 0 spiro atoms. The predicted molar refractivity (Wildman–Crippen MR) is 61.5 cm³/mol. The summed E-state index contributed by atoms with van der Waals surface area (Å²) in [6.45, 7) is 0. The average molecular weight is 417 g/mol. The summed E-state index contributed by atoms with van der Waals surface area (Å²) in [5.74, 6) is -1.31. The van der Waals surface area contributed by atoms with Crippen LogP contribution in [0.15, 0.2) is 60.7 Å². The van der Waals surface area contributed by atoms with Crippen molar-refractivity contribution in [2.24, 2.45) is 0 Å². The Hall–Kier alpha value is -1.35. The molecule has 0 amide bonds. The second-order valence-electron chi connectivity index (χ2n) is 2.98. The van der Waals surface area contributed by atoms with Crippen molar-refractivity contribution in [3.8, 4) is 5.75 Å². The molecule has 0 aliphatic carbocycles. The first-order valence-electron chi connectivity index (χ1n) is 4.73. The Bertz CT molecular complexity index is 417. The molecule has 0 radical (unpaired) electrons. The van der Waals surface area contributed by atoms with Crippen LogP contribution in [0.3, 0.4) is 0 Å². The molecule has 2 rings (SSSR count). The molecular formula is C13H12HgO3. The van der Waals surface area contributed by atoms with Crippen LogP contribution in [0.1, 0.15) is 10.4 Å². The van der Waals surface area contributed by atoms with Gasteiger partial charge in [-0.2, -0.15) is 0 Å². The van der Waals surface area contributed by atoms with Crippen molar-refractivity contribution in [3.63, 3.8) is 0 Å². The van der Waals surface area contributed by atoms with Crippen LogP contribution in [0.5, 0.6) is 5.75 Å². The normalized spacial score (nSPS) is 8.24. The molecule has 0 aromatic heterocycles. The molecule has 4 heteroatoms. The number of benzene rings is 2. The molecular weight excluding hydrogens is 405 g/mol. The molecule has 2 N–H and O–H groups in total. The van der Waals surface area contributed by atoms with Crippen molar-refractivity contribution in [1.82, 2.24) is 0 Å². The predicted octanol–water partition coefficient (Wildman–Crippen LogP) is 2.77. The summed E-state index contributed by atoms with van der Waals surface area (Å²) in [5, 5.41) is 17.3. The van der Waals surface area contributed by atoms with E-state index in [1.54, 1.807) is 12.1 Å². The van der Waals surface area contributed by atoms with E-state index in [9.17, 15) is 4.79 Å². The summed E-state index contributed by atoms with van der Waals surface area (Å²) >= 11 is 0. The summed E-state index contributed by atoms with van der Waals surface area (Å²) in [4.78, 5) is 10.3. The van der Waals surface area contributed by atoms with Gasteiger partial charge in [0.15, 0.2) is 0 Å². The summed E-state index contributed by atoms with van der Waals surface area (Å²) in [7, 11) is 0. The van der Waals surface area contributed by atoms with Gasteiger partial charge in [-0.05, 0) is 12.1 Å². The number of carboxylic acid groups (broad SMARTS) is 1. The summed E-state index contributed by atoms with van der Waals surface area (Å²) in [6.07, 6.45) is 0. The van der Waals surface area contributed by atoms with Gasteiger partial charge in [0.2, 0.25) is 0 Å². The molecule has 84 valence electrons. The number of hydrogen-bond donors (Lipinski definition) is 2. The number of carbonyl (C=O) groups is 1. The smallest absolute Gasteiger partial charge is 0.339 e. The van der Waals surface area contributed by atoms with Crippen LogP contribution >= 0.6 is 0 Å². The second-order valence-corrected chi connectivity index (χ2v) is 2.98. The number of hydrogen-bond acceptors (Lipinski definition) is 2. The molecule has 0 saturated heterocycles. The number of phenols is 1. The zero-order valence-electron chi connectivity index (χ0n) is 9.28. The largest absolute Gasteiger partial charge is 0.507 e. The first-order chi connectivity index (χ1) is 7.72. The van der Waals surface area contributed by atoms with Gasteiger partial charge in [0.1, 0.15) is 11.3 Å². The number of aromatic hydroxyl groups is 1. The van der Waals surface area contributed by atoms with Crippen LogP contribution in [-0.4, -0.2) is 16.2 Å². The maximum Gasteiger partial charge on any atom is 0.339 e. The molecule has 17 heavy (non-hydrogen) atoms. The van der Waals surface area contributed by atoms with Gasteiger partial charge in [-0.3, -0.25) is 0 Å². The van der Waals surface area contributed by atoms with Crippen molar-refractivity contribution in [1.29, 1.82) is 0 Å². The quantitative estimate of drug-likeness (QED) is 0.703. The van der Waals surface area contributed by atoms with Gasteiger partial charge in [-0.1, -0.05) is 48.5 Å². The standard InChI is InChI=1S/C7H6O3.C6H6.Hg/c8-6-4-2-1-3-5(6)7(9)10;1-2-4-6-5-3-1;/h1-4,8H,(H,9,10);1-6H;. The third-order valence-corrected chi connectivity index (χ3v) is 1.80. The van der Waals surface area contributed by atoms with Gasteiger partial charge in [0.25, 0.3) is 0 Å². The third-order valence-electron chi connectivity index (χ3n) is 1.80. The molecule has 0 atom stereocenters. The minimum absolute atomic E-state index is 0. The van der Waals surface area contributed by atoms with Crippen LogP contribution in [0.25, 0.3) is 0 Å². The SMILES string of the molecule is O=C(O)c1ccccc1O.[Hg].c1ccccc1. The molecule has 2 aromatic rings. The first-order valence-corrected chi connectivity index (χ1v) is 4.73. The van der Waals surface area contributed by atoms with Crippen LogP contribution in [0.2, 0.25) is 0 Å². The van der Waals surface area contributed by atoms with E-state index >= 15 is 0 Å². The van der Waals surface area contributed by atoms with Gasteiger partial charge >= 0.3 is 5.97 Å². The molecule has 0 aliphatic rings. The first kappa shape index (κ1) is 15.6. The van der Waals surface area contributed by atoms with Crippen LogP contribution < -0.4 is 0 Å². The van der Waals surface area contributed by atoms with E-state index in [0.717, 1.165) is 0 Å². The van der Waals surface area contributed by atoms with Crippen molar-refractivity contribution in [2.45, 2.75) is 0 Å². The van der Waals surface area contributed by atoms with E-state index < -0.39 is 5.97 Å². The Labute approximate surface area is 120 Å². The van der Waals surface area contributed by atoms with Crippen LogP contribution in [-0.2, 0) is 27.7 Å². The van der Waals surface area contributed by atoms with Crippen molar-refractivity contribution in [2.75, 3.05) is 0 Å². The maximum absolute atomic E-state index is 10.3. The van der Waals surface area contributed by atoms with E-state index in [-0.39, 0.29) is 39.0 Å². The van der Waals surface area contributed by atoms with E-state index in [2.05, 4.69) is 0 Å². The Balaban J connectivity index is 0.000000316. The van der Waals surface area contributed by atoms with Gasteiger partial charge in [0, 0.05) is 27.7 Å². The summed E-state index contributed by atoms with van der Waals surface area (Å²) in [5.41, 5.74) is -0.0671. The molecule has 0 aliphatic heterocycles. The van der Waals surface area contributed by atoms with Crippen molar-refractivity contribution >= 4 is 5.97 Å². The number of para-hydroxylation sites is 1. The average Bonchev–Trinajstić information content (AvgIpc) is 2.32. The van der Waals surface area contributed by atoms with Crippen molar-refractivity contribution in [3.05, 3.63) is 66.2 Å². The number of aromatic carboxylic acids is 1. The zero-order valence-corrected chi connectivity index (χ0v) is 14.8. The topological polar surface area (TPSA) is 57.5 Å². The molecule has 0 saturated carbocycles. The molecule has 3 nitrogen and oxygen atoms in total. The Morgan fingerprint density at radius 1 is 0.824 bits per heavy atom. The third kappa shape index (κ3) is 6.07. The van der Waals surface area contributed by atoms with E-state index in [0.29, 0.717) is 0 Å². The number of rotatable bonds is 1. The summed E-state index contributed by atoms with van der Waals surface area (Å²) < 4.78 is 0. The Morgan fingerprint density at radius 3 is 1.53 bits per heavy atom. The monoisotopic (exact) mass is 418 g/mol. The zero-order chi connectivity index (χ0) is 11.8. The van der Waals surface area contributed by atoms with Gasteiger partial charge in [0.05, 0.1) is 0 Å². The fraction of sp³-hybridized carbons (Fsp3) is 0. The number of carboxylic acids is 1. The van der Waals surface area contributed by atoms with Crippen LogP contribution in [0, 0.1) is 0 Å². The van der Waals surface area contributed by atoms with E-state index in [1.807, 2.05) is 36.4 Å². The Kier molecular flexibility index (Phi) is 8.06. The fourth-order valence-electron chi connectivity index (χ4n) is 1.04. The molecule has 0 unspecified atom stereocenters. The second kappa shape index (κ2) is 8.76. The fourth-order valence-corrected chi connectivity index (χ4v) is 1.04.